The van der Waals surface area contributed by atoms with Crippen molar-refractivity contribution in [3.8, 4) is 11.8 Å². The van der Waals surface area contributed by atoms with E-state index in [1.54, 1.807) is 6.08 Å². The normalized spacial score (nSPS) is 23.2. The zero-order valence-corrected chi connectivity index (χ0v) is 8.07. The van der Waals surface area contributed by atoms with Crippen molar-refractivity contribution in [3.63, 3.8) is 0 Å². The van der Waals surface area contributed by atoms with Gasteiger partial charge in [-0.1, -0.05) is 18.1 Å². The van der Waals surface area contributed by atoms with Gasteiger partial charge in [-0.3, -0.25) is 0 Å². The lowest BCUT2D eigenvalue weighted by Crippen LogP contribution is -2.18. The first-order valence-electron chi connectivity index (χ1n) is 4.68. The second-order valence-corrected chi connectivity index (χ2v) is 3.21. The van der Waals surface area contributed by atoms with Crippen LogP contribution in [0.5, 0.6) is 0 Å². The van der Waals surface area contributed by atoms with Gasteiger partial charge in [-0.05, 0) is 24.5 Å². The second-order valence-electron chi connectivity index (χ2n) is 3.21. The Morgan fingerprint density at radius 1 is 1.57 bits per heavy atom. The molecule has 72 valence electrons. The predicted octanol–water partition coefficient (Wildman–Crippen LogP) is 1.19. The number of hydrogen-bond donors (Lipinski definition) is 1. The Labute approximate surface area is 83.1 Å². The van der Waals surface area contributed by atoms with Crippen molar-refractivity contribution in [3.05, 3.63) is 23.5 Å². The van der Waals surface area contributed by atoms with Gasteiger partial charge in [0.2, 0.25) is 0 Å². The highest BCUT2D eigenvalue weighted by atomic mass is 15.6. The Hall–Kier alpha value is -1.76. The molecule has 14 heavy (non-hydrogen) atoms. The maximum Gasteiger partial charge on any atom is 0.175 e. The lowest BCUT2D eigenvalue weighted by atomic mass is 10.2. The first-order valence-corrected chi connectivity index (χ1v) is 4.68. The summed E-state index contributed by atoms with van der Waals surface area (Å²) < 4.78 is 0. The smallest absolute Gasteiger partial charge is 0.175 e. The second kappa shape index (κ2) is 3.54. The van der Waals surface area contributed by atoms with E-state index in [4.69, 9.17) is 5.73 Å². The molecule has 0 bridgehead atoms. The molecule has 0 fully saturated rings. The van der Waals surface area contributed by atoms with Gasteiger partial charge in [0.25, 0.3) is 0 Å². The minimum Gasteiger partial charge on any atom is -0.392 e. The molecule has 0 aromatic rings. The van der Waals surface area contributed by atoms with Gasteiger partial charge < -0.3 is 5.73 Å². The van der Waals surface area contributed by atoms with Crippen LogP contribution in [0, 0.1) is 11.8 Å². The Kier molecular flexibility index (Phi) is 2.23. The summed E-state index contributed by atoms with van der Waals surface area (Å²) >= 11 is 0. The molecule has 2 rings (SSSR count). The topological polar surface area (TPSA) is 54.0 Å². The van der Waals surface area contributed by atoms with Gasteiger partial charge in [-0.25, -0.2) is 5.01 Å². The van der Waals surface area contributed by atoms with E-state index in [2.05, 4.69) is 29.1 Å². The zero-order valence-electron chi connectivity index (χ0n) is 8.07. The summed E-state index contributed by atoms with van der Waals surface area (Å²) in [5.74, 6) is 5.80. The average molecular weight is 188 g/mol. The fraction of sp³-hybridized carbons (Fsp3) is 0.400. The molecule has 2 N–H and O–H groups in total. The number of nitrogens with zero attached hydrogens (tertiary/aromatic N) is 3. The van der Waals surface area contributed by atoms with E-state index in [0.717, 1.165) is 18.7 Å². The van der Waals surface area contributed by atoms with Gasteiger partial charge in [0.15, 0.2) is 6.04 Å². The minimum absolute atomic E-state index is 0.126. The fourth-order valence-corrected chi connectivity index (χ4v) is 1.40. The molecular formula is C10H12N4. The fourth-order valence-electron chi connectivity index (χ4n) is 1.40. The molecule has 0 saturated carbocycles. The third-order valence-electron chi connectivity index (χ3n) is 2.08. The van der Waals surface area contributed by atoms with Crippen molar-refractivity contribution in [2.24, 2.45) is 16.1 Å². The summed E-state index contributed by atoms with van der Waals surface area (Å²) in [6, 6.07) is -0.126. The molecule has 0 radical (unpaired) electrons. The van der Waals surface area contributed by atoms with Crippen LogP contribution in [0.25, 0.3) is 0 Å². The minimum atomic E-state index is -0.126. The monoisotopic (exact) mass is 188 g/mol. The van der Waals surface area contributed by atoms with Crippen LogP contribution in [-0.4, -0.2) is 17.6 Å². The van der Waals surface area contributed by atoms with E-state index in [-0.39, 0.29) is 6.04 Å². The Morgan fingerprint density at radius 3 is 3.21 bits per heavy atom. The lowest BCUT2D eigenvalue weighted by molar-refractivity contribution is 0.372. The summed E-state index contributed by atoms with van der Waals surface area (Å²) in [5.41, 5.74) is 7.22. The van der Waals surface area contributed by atoms with Crippen LogP contribution in [0.15, 0.2) is 33.9 Å². The Morgan fingerprint density at radius 2 is 2.43 bits per heavy atom. The lowest BCUT2D eigenvalue weighted by Gasteiger charge is -2.13. The largest absolute Gasteiger partial charge is 0.392 e. The van der Waals surface area contributed by atoms with E-state index in [1.165, 1.54) is 0 Å². The van der Waals surface area contributed by atoms with Crippen LogP contribution >= 0.6 is 0 Å². The van der Waals surface area contributed by atoms with Crippen molar-refractivity contribution in [2.75, 3.05) is 6.54 Å². The molecule has 0 amide bonds. The highest BCUT2D eigenvalue weighted by Crippen LogP contribution is 2.22. The molecule has 0 aromatic carbocycles. The highest BCUT2D eigenvalue weighted by Gasteiger charge is 2.23. The Bertz CT molecular complexity index is 381. The molecule has 4 nitrogen and oxygen atoms in total. The molecule has 0 spiro atoms. The average Bonchev–Trinajstić information content (AvgIpc) is 2.45. The molecule has 0 aromatic heterocycles. The van der Waals surface area contributed by atoms with Crippen LogP contribution in [0.3, 0.4) is 0 Å². The summed E-state index contributed by atoms with van der Waals surface area (Å²) in [7, 11) is 0. The number of rotatable bonds is 2. The van der Waals surface area contributed by atoms with E-state index in [9.17, 15) is 0 Å². The molecule has 1 aliphatic heterocycles. The van der Waals surface area contributed by atoms with Crippen LogP contribution in [0.1, 0.15) is 13.3 Å². The van der Waals surface area contributed by atoms with Crippen molar-refractivity contribution < 1.29 is 0 Å². The van der Waals surface area contributed by atoms with Crippen molar-refractivity contribution in [1.29, 1.82) is 0 Å². The van der Waals surface area contributed by atoms with Gasteiger partial charge in [-0.15, -0.1) is 5.11 Å². The summed E-state index contributed by atoms with van der Waals surface area (Å²) in [5, 5.41) is 10.0. The molecule has 2 aliphatic rings. The van der Waals surface area contributed by atoms with Gasteiger partial charge in [0.05, 0.1) is 11.4 Å². The molecule has 1 unspecified atom stereocenters. The Balaban J connectivity index is 2.25. The molecule has 1 heterocycles. The number of allylic oxidation sites excluding steroid dienone is 3. The molecule has 4 heteroatoms. The molecule has 0 saturated heterocycles. The van der Waals surface area contributed by atoms with Crippen molar-refractivity contribution >= 4 is 0 Å². The van der Waals surface area contributed by atoms with Gasteiger partial charge in [-0.2, -0.15) is 0 Å². The quantitative estimate of drug-likeness (QED) is 0.662. The maximum absolute atomic E-state index is 5.61. The first kappa shape index (κ1) is 8.82. The zero-order chi connectivity index (χ0) is 9.97. The van der Waals surface area contributed by atoms with E-state index < -0.39 is 0 Å². The number of nitrogens with two attached hydrogens (primary N) is 1. The number of fused-ring (bicyclic) bond motifs is 1. The van der Waals surface area contributed by atoms with Crippen molar-refractivity contribution in [2.45, 2.75) is 19.4 Å². The van der Waals surface area contributed by atoms with Crippen LogP contribution in [-0.2, 0) is 0 Å². The van der Waals surface area contributed by atoms with E-state index in [1.807, 2.05) is 11.1 Å². The standard InChI is InChI=1S/C10H12N4/c1-2-7-14-10-6-4-8(11)3-5-9(10)12-13-14/h4,6,9H,2,7,11H2,1H3. The summed E-state index contributed by atoms with van der Waals surface area (Å²) in [4.78, 5) is 0. The maximum atomic E-state index is 5.61. The number of hydrogen-bond acceptors (Lipinski definition) is 4. The van der Waals surface area contributed by atoms with Gasteiger partial charge in [0.1, 0.15) is 0 Å². The highest BCUT2D eigenvalue weighted by molar-refractivity contribution is 5.40. The van der Waals surface area contributed by atoms with E-state index in [0.29, 0.717) is 5.70 Å². The van der Waals surface area contributed by atoms with Crippen LogP contribution in [0.2, 0.25) is 0 Å². The third-order valence-corrected chi connectivity index (χ3v) is 2.08. The van der Waals surface area contributed by atoms with Gasteiger partial charge in [0, 0.05) is 6.54 Å². The predicted molar refractivity (Wildman–Crippen MR) is 53.8 cm³/mol. The van der Waals surface area contributed by atoms with Crippen LogP contribution in [0.4, 0.5) is 0 Å². The van der Waals surface area contributed by atoms with Crippen LogP contribution < -0.4 is 5.73 Å². The summed E-state index contributed by atoms with van der Waals surface area (Å²) in [6.45, 7) is 2.98. The molecular weight excluding hydrogens is 176 g/mol. The van der Waals surface area contributed by atoms with E-state index >= 15 is 0 Å². The molecule has 1 aliphatic carbocycles. The molecule has 1 atom stereocenters. The van der Waals surface area contributed by atoms with Gasteiger partial charge >= 0.3 is 0 Å². The third kappa shape index (κ3) is 1.49. The van der Waals surface area contributed by atoms with Crippen molar-refractivity contribution in [1.82, 2.24) is 5.01 Å². The SMILES string of the molecule is CCCN1N=NC2C#CC(N)=CC=C21. The summed E-state index contributed by atoms with van der Waals surface area (Å²) in [6.07, 6.45) is 4.78. The first-order chi connectivity index (χ1) is 6.81.